The Morgan fingerprint density at radius 1 is 1.35 bits per heavy atom. The van der Waals surface area contributed by atoms with Crippen LogP contribution in [0.25, 0.3) is 0 Å². The van der Waals surface area contributed by atoms with Gasteiger partial charge < -0.3 is 10.1 Å². The lowest BCUT2D eigenvalue weighted by Gasteiger charge is -2.14. The number of sulfone groups is 1. The Balaban J connectivity index is 2.07. The second-order valence-corrected chi connectivity index (χ2v) is 8.11. The molecule has 7 heteroatoms. The average molecular weight is 338 g/mol. The van der Waals surface area contributed by atoms with E-state index in [0.29, 0.717) is 28.4 Å². The standard InChI is InChI=1S/C13H17Cl2NO3S/c1-20(17,18)5-4-19-13-9(8-16-11-2-3-11)6-10(14)7-12(13)15/h6-7,11,16H,2-5,8H2,1H3. The molecule has 4 nitrogen and oxygen atoms in total. The Hall–Kier alpha value is -0.490. The molecule has 0 heterocycles. The number of rotatable bonds is 7. The smallest absolute Gasteiger partial charge is 0.150 e. The first-order valence-electron chi connectivity index (χ1n) is 6.37. The van der Waals surface area contributed by atoms with E-state index in [1.165, 1.54) is 19.1 Å². The molecule has 1 aromatic rings. The van der Waals surface area contributed by atoms with E-state index in [-0.39, 0.29) is 12.4 Å². The van der Waals surface area contributed by atoms with Gasteiger partial charge in [-0.25, -0.2) is 8.42 Å². The highest BCUT2D eigenvalue weighted by Crippen LogP contribution is 2.33. The van der Waals surface area contributed by atoms with Gasteiger partial charge in [0.1, 0.15) is 12.4 Å². The number of nitrogens with one attached hydrogen (secondary N) is 1. The van der Waals surface area contributed by atoms with Gasteiger partial charge >= 0.3 is 0 Å². The van der Waals surface area contributed by atoms with Crippen molar-refractivity contribution < 1.29 is 13.2 Å². The van der Waals surface area contributed by atoms with Crippen LogP contribution in [0.4, 0.5) is 0 Å². The summed E-state index contributed by atoms with van der Waals surface area (Å²) in [7, 11) is -3.05. The molecule has 1 aliphatic carbocycles. The fraction of sp³-hybridized carbons (Fsp3) is 0.538. The molecule has 1 aliphatic rings. The fourth-order valence-corrected chi connectivity index (χ4v) is 2.72. The van der Waals surface area contributed by atoms with Gasteiger partial charge in [0.25, 0.3) is 0 Å². The van der Waals surface area contributed by atoms with Crippen LogP contribution in [0.2, 0.25) is 10.0 Å². The first-order chi connectivity index (χ1) is 9.35. The minimum absolute atomic E-state index is 0.0402. The molecule has 0 unspecified atom stereocenters. The first-order valence-corrected chi connectivity index (χ1v) is 9.18. The molecule has 0 amide bonds. The zero-order chi connectivity index (χ0) is 14.8. The van der Waals surface area contributed by atoms with Gasteiger partial charge in [0.15, 0.2) is 9.84 Å². The monoisotopic (exact) mass is 337 g/mol. The van der Waals surface area contributed by atoms with Gasteiger partial charge in [0, 0.05) is 29.4 Å². The third kappa shape index (κ3) is 5.13. The fourth-order valence-electron chi connectivity index (χ4n) is 1.74. The molecule has 0 spiro atoms. The number of benzene rings is 1. The van der Waals surface area contributed by atoms with Gasteiger partial charge in [0.05, 0.1) is 10.8 Å². The van der Waals surface area contributed by atoms with Crippen molar-refractivity contribution in [3.8, 4) is 5.75 Å². The first kappa shape index (κ1) is 15.9. The van der Waals surface area contributed by atoms with Crippen molar-refractivity contribution in [2.45, 2.75) is 25.4 Å². The molecule has 0 radical (unpaired) electrons. The topological polar surface area (TPSA) is 55.4 Å². The molecule has 112 valence electrons. The highest BCUT2D eigenvalue weighted by atomic mass is 35.5. The van der Waals surface area contributed by atoms with Crippen molar-refractivity contribution in [1.82, 2.24) is 5.32 Å². The Morgan fingerprint density at radius 3 is 2.65 bits per heavy atom. The predicted octanol–water partition coefficient (Wildman–Crippen LogP) is 2.67. The van der Waals surface area contributed by atoms with Crippen LogP contribution in [0.15, 0.2) is 12.1 Å². The Labute approximate surface area is 129 Å². The van der Waals surface area contributed by atoms with Crippen LogP contribution in [0.1, 0.15) is 18.4 Å². The summed E-state index contributed by atoms with van der Waals surface area (Å²) in [4.78, 5) is 0. The van der Waals surface area contributed by atoms with Crippen LogP contribution >= 0.6 is 23.2 Å². The highest BCUT2D eigenvalue weighted by molar-refractivity contribution is 7.90. The normalized spacial score (nSPS) is 15.3. The summed E-state index contributed by atoms with van der Waals surface area (Å²) in [6.45, 7) is 0.690. The number of hydrogen-bond acceptors (Lipinski definition) is 4. The Kier molecular flexibility index (Phi) is 5.18. The highest BCUT2D eigenvalue weighted by Gasteiger charge is 2.21. The van der Waals surface area contributed by atoms with Gasteiger partial charge in [-0.1, -0.05) is 23.2 Å². The van der Waals surface area contributed by atoms with Gasteiger partial charge in [0.2, 0.25) is 0 Å². The quantitative estimate of drug-likeness (QED) is 0.830. The summed E-state index contributed by atoms with van der Waals surface area (Å²) in [6.07, 6.45) is 3.53. The lowest BCUT2D eigenvalue weighted by atomic mass is 10.2. The van der Waals surface area contributed by atoms with Gasteiger partial charge in [-0.15, -0.1) is 0 Å². The summed E-state index contributed by atoms with van der Waals surface area (Å²) in [5, 5.41) is 4.30. The second-order valence-electron chi connectivity index (χ2n) is 5.01. The molecule has 1 aromatic carbocycles. The molecule has 20 heavy (non-hydrogen) atoms. The van der Waals surface area contributed by atoms with Gasteiger partial charge in [-0.05, 0) is 25.0 Å². The SMILES string of the molecule is CS(=O)(=O)CCOc1c(Cl)cc(Cl)cc1CNC1CC1. The molecule has 0 bridgehead atoms. The Morgan fingerprint density at radius 2 is 2.05 bits per heavy atom. The number of ether oxygens (including phenoxy) is 1. The van der Waals surface area contributed by atoms with Crippen molar-refractivity contribution in [1.29, 1.82) is 0 Å². The van der Waals surface area contributed by atoms with Gasteiger partial charge in [-0.3, -0.25) is 0 Å². The second kappa shape index (κ2) is 6.52. The minimum Gasteiger partial charge on any atom is -0.491 e. The zero-order valence-corrected chi connectivity index (χ0v) is 13.5. The maximum atomic E-state index is 11.1. The van der Waals surface area contributed by atoms with E-state index in [1.54, 1.807) is 12.1 Å². The van der Waals surface area contributed by atoms with Crippen LogP contribution in [0.3, 0.4) is 0 Å². The van der Waals surface area contributed by atoms with E-state index in [9.17, 15) is 8.42 Å². The third-order valence-corrected chi connectivity index (χ3v) is 4.35. The van der Waals surface area contributed by atoms with E-state index in [1.807, 2.05) is 0 Å². The maximum absolute atomic E-state index is 11.1. The van der Waals surface area contributed by atoms with E-state index in [4.69, 9.17) is 27.9 Å². The lowest BCUT2D eigenvalue weighted by molar-refractivity contribution is 0.336. The summed E-state index contributed by atoms with van der Waals surface area (Å²) in [5.41, 5.74) is 0.850. The summed E-state index contributed by atoms with van der Waals surface area (Å²) in [6, 6.07) is 3.94. The van der Waals surface area contributed by atoms with Crippen molar-refractivity contribution in [2.24, 2.45) is 0 Å². The molecule has 1 saturated carbocycles. The van der Waals surface area contributed by atoms with Crippen LogP contribution in [-0.4, -0.2) is 33.1 Å². The van der Waals surface area contributed by atoms with Crippen molar-refractivity contribution >= 4 is 33.0 Å². The largest absolute Gasteiger partial charge is 0.491 e. The summed E-state index contributed by atoms with van der Waals surface area (Å²) >= 11 is 12.1. The Bertz CT molecular complexity index is 586. The molecule has 1 fully saturated rings. The van der Waals surface area contributed by atoms with Crippen molar-refractivity contribution in [2.75, 3.05) is 18.6 Å². The van der Waals surface area contributed by atoms with Crippen molar-refractivity contribution in [3.05, 3.63) is 27.7 Å². The summed E-state index contributed by atoms with van der Waals surface area (Å²) in [5.74, 6) is 0.467. The van der Waals surface area contributed by atoms with Gasteiger partial charge in [-0.2, -0.15) is 0 Å². The zero-order valence-electron chi connectivity index (χ0n) is 11.2. The molecule has 1 N–H and O–H groups in total. The molecule has 0 atom stereocenters. The lowest BCUT2D eigenvalue weighted by Crippen LogP contribution is -2.17. The maximum Gasteiger partial charge on any atom is 0.150 e. The molecule has 2 rings (SSSR count). The molecule has 0 saturated heterocycles. The third-order valence-electron chi connectivity index (χ3n) is 2.94. The predicted molar refractivity (Wildman–Crippen MR) is 81.5 cm³/mol. The molecule has 0 aromatic heterocycles. The van der Waals surface area contributed by atoms with E-state index < -0.39 is 9.84 Å². The summed E-state index contributed by atoms with van der Waals surface area (Å²) < 4.78 is 27.8. The number of halogens is 2. The van der Waals surface area contributed by atoms with Crippen LogP contribution in [0.5, 0.6) is 5.75 Å². The molecular formula is C13H17Cl2NO3S. The van der Waals surface area contributed by atoms with E-state index >= 15 is 0 Å². The molecule has 0 aliphatic heterocycles. The van der Waals surface area contributed by atoms with Crippen molar-refractivity contribution in [3.63, 3.8) is 0 Å². The van der Waals surface area contributed by atoms with Crippen LogP contribution in [0, 0.1) is 0 Å². The molecular weight excluding hydrogens is 321 g/mol. The minimum atomic E-state index is -3.05. The van der Waals surface area contributed by atoms with E-state index in [2.05, 4.69) is 5.32 Å². The van der Waals surface area contributed by atoms with E-state index in [0.717, 1.165) is 5.56 Å². The van der Waals surface area contributed by atoms with Crippen LogP contribution < -0.4 is 10.1 Å². The van der Waals surface area contributed by atoms with Crippen LogP contribution in [-0.2, 0) is 16.4 Å². The number of hydrogen-bond donors (Lipinski definition) is 1. The average Bonchev–Trinajstić information content (AvgIpc) is 3.11.